The van der Waals surface area contributed by atoms with Crippen molar-refractivity contribution in [1.29, 1.82) is 0 Å². The molecule has 6 heteroatoms. The molecule has 1 aliphatic rings. The van der Waals surface area contributed by atoms with Crippen LogP contribution >= 0.6 is 0 Å². The highest BCUT2D eigenvalue weighted by molar-refractivity contribution is 6.28. The number of aldehydes is 1. The first-order valence-corrected chi connectivity index (χ1v) is 6.12. The summed E-state index contributed by atoms with van der Waals surface area (Å²) in [5, 5.41) is 5.32. The Bertz CT molecular complexity index is 469. The largest absolute Gasteiger partial charge is 0.343 e. The van der Waals surface area contributed by atoms with Gasteiger partial charge in [0.1, 0.15) is 0 Å². The Morgan fingerprint density at radius 3 is 2.37 bits per heavy atom. The second kappa shape index (κ2) is 6.10. The predicted octanol–water partition coefficient (Wildman–Crippen LogP) is 0.939. The molecule has 0 spiro atoms. The van der Waals surface area contributed by atoms with Crippen LogP contribution in [0.1, 0.15) is 12.8 Å². The summed E-state index contributed by atoms with van der Waals surface area (Å²) in [5.74, 6) is -0.940. The summed E-state index contributed by atoms with van der Waals surface area (Å²) < 4.78 is 0. The van der Waals surface area contributed by atoms with Crippen LogP contribution in [-0.2, 0) is 9.59 Å². The number of amides is 3. The number of nitrogens with one attached hydrogen (secondary N) is 1. The maximum Gasteiger partial charge on any atom is 0.343 e. The molecule has 0 atom stereocenters. The molecule has 1 aromatic rings. The van der Waals surface area contributed by atoms with Gasteiger partial charge >= 0.3 is 6.03 Å². The number of nitrogens with zero attached hydrogens (tertiary/aromatic N) is 2. The predicted molar refractivity (Wildman–Crippen MR) is 69.3 cm³/mol. The van der Waals surface area contributed by atoms with E-state index in [4.69, 9.17) is 0 Å². The first kappa shape index (κ1) is 13.2. The summed E-state index contributed by atoms with van der Waals surface area (Å²) in [4.78, 5) is 33.4. The fourth-order valence-corrected chi connectivity index (χ4v) is 2.07. The molecule has 100 valence electrons. The summed E-state index contributed by atoms with van der Waals surface area (Å²) in [5.41, 5.74) is 0.667. The fraction of sp³-hybridized carbons (Fsp3) is 0.308. The smallest absolute Gasteiger partial charge is 0.292 e. The second-order valence-corrected chi connectivity index (χ2v) is 4.22. The van der Waals surface area contributed by atoms with Gasteiger partial charge in [-0.1, -0.05) is 18.2 Å². The number of urea groups is 1. The van der Waals surface area contributed by atoms with E-state index in [2.05, 4.69) is 0 Å². The molecule has 1 heterocycles. The molecular weight excluding hydrogens is 246 g/mol. The van der Waals surface area contributed by atoms with Gasteiger partial charge in [-0.25, -0.2) is 14.8 Å². The highest BCUT2D eigenvalue weighted by atomic mass is 16.2. The number of carbonyl (C=O) groups excluding carboxylic acids is 3. The molecule has 0 aromatic heterocycles. The third-order valence-electron chi connectivity index (χ3n) is 2.90. The van der Waals surface area contributed by atoms with E-state index in [-0.39, 0.29) is 6.29 Å². The Morgan fingerprint density at radius 1 is 1.16 bits per heavy atom. The van der Waals surface area contributed by atoms with Gasteiger partial charge in [0.25, 0.3) is 5.91 Å². The maximum absolute atomic E-state index is 12.1. The molecule has 1 aliphatic heterocycles. The van der Waals surface area contributed by atoms with E-state index in [1.165, 1.54) is 5.01 Å². The van der Waals surface area contributed by atoms with Crippen LogP contribution in [0.4, 0.5) is 10.5 Å². The van der Waals surface area contributed by atoms with Gasteiger partial charge in [0.05, 0.1) is 5.69 Å². The van der Waals surface area contributed by atoms with E-state index in [1.807, 2.05) is 28.5 Å². The molecule has 6 nitrogen and oxygen atoms in total. The number of hydrazine groups is 1. The van der Waals surface area contributed by atoms with Crippen molar-refractivity contribution >= 4 is 23.9 Å². The molecule has 1 aromatic carbocycles. The van der Waals surface area contributed by atoms with Crippen molar-refractivity contribution in [2.45, 2.75) is 12.8 Å². The van der Waals surface area contributed by atoms with Crippen LogP contribution < -0.4 is 10.3 Å². The Hall–Kier alpha value is -2.21. The van der Waals surface area contributed by atoms with Crippen LogP contribution in [0, 0.1) is 0 Å². The zero-order valence-corrected chi connectivity index (χ0v) is 10.4. The summed E-state index contributed by atoms with van der Waals surface area (Å²) in [6, 6.07) is 8.43. The molecule has 0 unspecified atom stereocenters. The van der Waals surface area contributed by atoms with Gasteiger partial charge in [-0.3, -0.25) is 14.9 Å². The minimum absolute atomic E-state index is 0.0883. The standard InChI is InChI=1S/C13H15N3O3/c17-10-12(18)14-13(19)16(15-8-4-5-9-15)11-6-2-1-3-7-11/h1-3,6-7,10H,4-5,8-9H2,(H,14,18,19). The summed E-state index contributed by atoms with van der Waals surface area (Å²) >= 11 is 0. The molecule has 1 N–H and O–H groups in total. The highest BCUT2D eigenvalue weighted by Gasteiger charge is 2.26. The number of carbonyl (C=O) groups is 3. The van der Waals surface area contributed by atoms with Crippen molar-refractivity contribution in [3.05, 3.63) is 30.3 Å². The van der Waals surface area contributed by atoms with E-state index < -0.39 is 11.9 Å². The van der Waals surface area contributed by atoms with Crippen LogP contribution in [-0.4, -0.2) is 36.3 Å². The summed E-state index contributed by atoms with van der Waals surface area (Å²) in [6.07, 6.45) is 2.08. The molecule has 2 rings (SSSR count). The molecule has 0 saturated carbocycles. The van der Waals surface area contributed by atoms with Crippen LogP contribution in [0.5, 0.6) is 0 Å². The number of anilines is 1. The summed E-state index contributed by atoms with van der Waals surface area (Å²) in [7, 11) is 0. The molecule has 0 radical (unpaired) electrons. The van der Waals surface area contributed by atoms with E-state index in [0.29, 0.717) is 5.69 Å². The number of hydrogen-bond donors (Lipinski definition) is 1. The van der Waals surface area contributed by atoms with Gasteiger partial charge < -0.3 is 0 Å². The molecule has 3 amide bonds. The van der Waals surface area contributed by atoms with Gasteiger partial charge in [0.15, 0.2) is 0 Å². The van der Waals surface area contributed by atoms with E-state index in [0.717, 1.165) is 25.9 Å². The number of benzene rings is 1. The normalized spacial score (nSPS) is 14.9. The lowest BCUT2D eigenvalue weighted by Crippen LogP contribution is -2.51. The van der Waals surface area contributed by atoms with Gasteiger partial charge in [0, 0.05) is 13.1 Å². The van der Waals surface area contributed by atoms with Crippen molar-refractivity contribution in [3.63, 3.8) is 0 Å². The topological polar surface area (TPSA) is 69.7 Å². The lowest BCUT2D eigenvalue weighted by Gasteiger charge is -2.31. The monoisotopic (exact) mass is 261 g/mol. The van der Waals surface area contributed by atoms with E-state index >= 15 is 0 Å². The quantitative estimate of drug-likeness (QED) is 0.649. The molecule has 19 heavy (non-hydrogen) atoms. The van der Waals surface area contributed by atoms with Crippen LogP contribution in [0.2, 0.25) is 0 Å². The molecule has 0 bridgehead atoms. The van der Waals surface area contributed by atoms with Crippen LogP contribution in [0.3, 0.4) is 0 Å². The second-order valence-electron chi connectivity index (χ2n) is 4.22. The number of imide groups is 1. The zero-order valence-electron chi connectivity index (χ0n) is 10.4. The molecular formula is C13H15N3O3. The van der Waals surface area contributed by atoms with Gasteiger partial charge in [-0.05, 0) is 25.0 Å². The first-order valence-electron chi connectivity index (χ1n) is 6.12. The Balaban J connectivity index is 2.21. The van der Waals surface area contributed by atoms with Crippen molar-refractivity contribution < 1.29 is 14.4 Å². The average molecular weight is 261 g/mol. The highest BCUT2D eigenvalue weighted by Crippen LogP contribution is 2.20. The maximum atomic E-state index is 12.1. The SMILES string of the molecule is O=CC(=O)NC(=O)N(c1ccccc1)N1CCCC1. The van der Waals surface area contributed by atoms with Gasteiger partial charge in [0.2, 0.25) is 6.29 Å². The summed E-state index contributed by atoms with van der Waals surface area (Å²) in [6.45, 7) is 1.50. The Morgan fingerprint density at radius 2 is 1.79 bits per heavy atom. The third-order valence-corrected chi connectivity index (χ3v) is 2.90. The molecule has 1 fully saturated rings. The average Bonchev–Trinajstić information content (AvgIpc) is 2.94. The van der Waals surface area contributed by atoms with Crippen molar-refractivity contribution in [2.24, 2.45) is 0 Å². The van der Waals surface area contributed by atoms with E-state index in [1.54, 1.807) is 12.1 Å². The number of para-hydroxylation sites is 1. The number of rotatable bonds is 3. The zero-order chi connectivity index (χ0) is 13.7. The molecule has 1 saturated heterocycles. The Labute approximate surface area is 111 Å². The van der Waals surface area contributed by atoms with Crippen molar-refractivity contribution in [1.82, 2.24) is 10.3 Å². The Kier molecular flexibility index (Phi) is 4.25. The van der Waals surface area contributed by atoms with Gasteiger partial charge in [-0.15, -0.1) is 0 Å². The minimum Gasteiger partial charge on any atom is -0.292 e. The lowest BCUT2D eigenvalue weighted by molar-refractivity contribution is -0.130. The third kappa shape index (κ3) is 3.17. The van der Waals surface area contributed by atoms with Crippen molar-refractivity contribution in [2.75, 3.05) is 18.1 Å². The fourth-order valence-electron chi connectivity index (χ4n) is 2.07. The lowest BCUT2D eigenvalue weighted by atomic mass is 10.3. The van der Waals surface area contributed by atoms with E-state index in [9.17, 15) is 14.4 Å². The van der Waals surface area contributed by atoms with Gasteiger partial charge in [-0.2, -0.15) is 0 Å². The number of hydrogen-bond acceptors (Lipinski definition) is 4. The minimum atomic E-state index is -0.940. The first-order chi connectivity index (χ1) is 9.22. The van der Waals surface area contributed by atoms with Crippen molar-refractivity contribution in [3.8, 4) is 0 Å². The van der Waals surface area contributed by atoms with Crippen LogP contribution in [0.25, 0.3) is 0 Å². The van der Waals surface area contributed by atoms with Crippen LogP contribution in [0.15, 0.2) is 30.3 Å². The molecule has 0 aliphatic carbocycles.